The Balaban J connectivity index is 1.53. The lowest BCUT2D eigenvalue weighted by Crippen LogP contribution is -2.30. The molecule has 0 aliphatic rings. The van der Waals surface area contributed by atoms with Gasteiger partial charge in [0.2, 0.25) is 11.8 Å². The first-order valence-corrected chi connectivity index (χ1v) is 9.89. The van der Waals surface area contributed by atoms with Gasteiger partial charge in [-0.15, -0.1) is 11.8 Å². The molecule has 0 fully saturated rings. The van der Waals surface area contributed by atoms with Crippen LogP contribution in [0.25, 0.3) is 5.69 Å². The van der Waals surface area contributed by atoms with Crippen LogP contribution in [0.2, 0.25) is 0 Å². The van der Waals surface area contributed by atoms with E-state index in [9.17, 15) is 14.0 Å². The Labute approximate surface area is 172 Å². The molecule has 8 heteroatoms. The number of hydrogen-bond acceptors (Lipinski definition) is 4. The monoisotopic (exact) mass is 412 g/mol. The molecular formula is C21H21FN4O2S. The molecular weight excluding hydrogens is 391 g/mol. The summed E-state index contributed by atoms with van der Waals surface area (Å²) in [6.07, 6.45) is 4.78. The summed E-state index contributed by atoms with van der Waals surface area (Å²) in [6.45, 7) is 3.50. The molecule has 6 nitrogen and oxygen atoms in total. The van der Waals surface area contributed by atoms with Crippen molar-refractivity contribution < 1.29 is 14.0 Å². The average Bonchev–Trinajstić information content (AvgIpc) is 3.21. The topological polar surface area (TPSA) is 76.0 Å². The fraction of sp³-hybridized carbons (Fsp3) is 0.190. The average molecular weight is 412 g/mol. The third kappa shape index (κ3) is 5.68. The number of thioether (sulfide) groups is 1. The summed E-state index contributed by atoms with van der Waals surface area (Å²) in [6, 6.07) is 12.1. The number of hydrogen-bond donors (Lipinski definition) is 2. The molecule has 0 saturated heterocycles. The molecule has 0 bridgehead atoms. The molecule has 0 aliphatic carbocycles. The normalized spacial score (nSPS) is 11.7. The number of imidazole rings is 1. The lowest BCUT2D eigenvalue weighted by atomic mass is 10.2. The molecule has 29 heavy (non-hydrogen) atoms. The van der Waals surface area contributed by atoms with E-state index in [0.717, 1.165) is 4.90 Å². The van der Waals surface area contributed by atoms with Gasteiger partial charge in [0.15, 0.2) is 0 Å². The zero-order valence-electron chi connectivity index (χ0n) is 16.1. The van der Waals surface area contributed by atoms with Gasteiger partial charge in [-0.25, -0.2) is 9.37 Å². The number of amides is 2. The minimum atomic E-state index is -0.378. The van der Waals surface area contributed by atoms with Crippen molar-refractivity contribution in [1.29, 1.82) is 0 Å². The second kappa shape index (κ2) is 9.38. The molecule has 0 spiro atoms. The van der Waals surface area contributed by atoms with Crippen molar-refractivity contribution in [2.24, 2.45) is 0 Å². The van der Waals surface area contributed by atoms with Crippen LogP contribution in [0.3, 0.4) is 0 Å². The molecule has 3 aromatic rings. The van der Waals surface area contributed by atoms with E-state index < -0.39 is 0 Å². The molecule has 2 N–H and O–H groups in total. The van der Waals surface area contributed by atoms with Crippen LogP contribution in [0.4, 0.5) is 10.1 Å². The van der Waals surface area contributed by atoms with Gasteiger partial charge in [0.05, 0.1) is 17.3 Å². The van der Waals surface area contributed by atoms with Crippen LogP contribution < -0.4 is 10.6 Å². The van der Waals surface area contributed by atoms with Crippen molar-refractivity contribution in [1.82, 2.24) is 14.9 Å². The van der Waals surface area contributed by atoms with Crippen LogP contribution in [0.15, 0.2) is 66.1 Å². The minimum Gasteiger partial charge on any atom is -0.351 e. The molecule has 1 unspecified atom stereocenters. The van der Waals surface area contributed by atoms with Gasteiger partial charge in [-0.05, 0) is 48.9 Å². The minimum absolute atomic E-state index is 0.132. The van der Waals surface area contributed by atoms with E-state index in [0.29, 0.717) is 16.9 Å². The Morgan fingerprint density at radius 2 is 1.97 bits per heavy atom. The van der Waals surface area contributed by atoms with Gasteiger partial charge in [0.1, 0.15) is 5.82 Å². The predicted molar refractivity (Wildman–Crippen MR) is 111 cm³/mol. The summed E-state index contributed by atoms with van der Waals surface area (Å²) in [5.41, 5.74) is 1.79. The Morgan fingerprint density at radius 1 is 1.21 bits per heavy atom. The van der Waals surface area contributed by atoms with E-state index in [1.807, 2.05) is 19.1 Å². The molecule has 150 valence electrons. The van der Waals surface area contributed by atoms with E-state index in [2.05, 4.69) is 15.6 Å². The highest BCUT2D eigenvalue weighted by molar-refractivity contribution is 8.00. The van der Waals surface area contributed by atoms with Gasteiger partial charge >= 0.3 is 0 Å². The van der Waals surface area contributed by atoms with E-state index in [-0.39, 0.29) is 29.4 Å². The zero-order valence-corrected chi connectivity index (χ0v) is 16.9. The highest BCUT2D eigenvalue weighted by atomic mass is 32.2. The van der Waals surface area contributed by atoms with E-state index in [4.69, 9.17) is 0 Å². The third-order valence-corrected chi connectivity index (χ3v) is 5.23. The number of benzene rings is 2. The molecule has 0 saturated carbocycles. The first-order chi connectivity index (χ1) is 13.9. The first kappa shape index (κ1) is 20.6. The van der Waals surface area contributed by atoms with Crippen molar-refractivity contribution >= 4 is 29.3 Å². The lowest BCUT2D eigenvalue weighted by Gasteiger charge is -2.13. The fourth-order valence-corrected chi connectivity index (χ4v) is 3.57. The van der Waals surface area contributed by atoms with Crippen molar-refractivity contribution in [2.45, 2.75) is 30.5 Å². The van der Waals surface area contributed by atoms with E-state index >= 15 is 0 Å². The SMILES string of the molecule is CC(=O)Nc1ccc(SC(C)C(=O)NCc2ccc(-n3ccnc3)c(F)c2)cc1. The molecule has 0 aliphatic heterocycles. The smallest absolute Gasteiger partial charge is 0.233 e. The van der Waals surface area contributed by atoms with Gasteiger partial charge in [-0.1, -0.05) is 6.07 Å². The number of carbonyl (C=O) groups is 2. The lowest BCUT2D eigenvalue weighted by molar-refractivity contribution is -0.120. The molecule has 1 heterocycles. The Morgan fingerprint density at radius 3 is 2.59 bits per heavy atom. The number of halogens is 1. The van der Waals surface area contributed by atoms with Gasteiger partial charge in [-0.2, -0.15) is 0 Å². The van der Waals surface area contributed by atoms with Crippen LogP contribution in [-0.2, 0) is 16.1 Å². The summed E-state index contributed by atoms with van der Waals surface area (Å²) in [4.78, 5) is 28.3. The summed E-state index contributed by atoms with van der Waals surface area (Å²) in [5, 5.41) is 5.21. The number of rotatable bonds is 7. The molecule has 2 aromatic carbocycles. The van der Waals surface area contributed by atoms with E-state index in [1.165, 1.54) is 31.1 Å². The highest BCUT2D eigenvalue weighted by Gasteiger charge is 2.14. The van der Waals surface area contributed by atoms with Crippen LogP contribution >= 0.6 is 11.8 Å². The number of anilines is 1. The molecule has 2 amide bonds. The van der Waals surface area contributed by atoms with Crippen LogP contribution in [-0.4, -0.2) is 26.6 Å². The zero-order chi connectivity index (χ0) is 20.8. The predicted octanol–water partition coefficient (Wildman–Crippen LogP) is 3.77. The van der Waals surface area contributed by atoms with Gasteiger partial charge in [0.25, 0.3) is 0 Å². The fourth-order valence-electron chi connectivity index (χ4n) is 2.68. The highest BCUT2D eigenvalue weighted by Crippen LogP contribution is 2.25. The maximum Gasteiger partial charge on any atom is 0.233 e. The van der Waals surface area contributed by atoms with Crippen molar-refractivity contribution in [2.75, 3.05) is 5.32 Å². The quantitative estimate of drug-likeness (QED) is 0.580. The Kier molecular flexibility index (Phi) is 6.66. The summed E-state index contributed by atoms with van der Waals surface area (Å²) in [7, 11) is 0. The molecule has 0 radical (unpaired) electrons. The van der Waals surface area contributed by atoms with Crippen LogP contribution in [0.5, 0.6) is 0 Å². The standard InChI is InChI=1S/C21H21FN4O2S/c1-14(29-18-6-4-17(5-7-18)25-15(2)27)21(28)24-12-16-3-8-20(19(22)11-16)26-10-9-23-13-26/h3-11,13-14H,12H2,1-2H3,(H,24,28)(H,25,27). The van der Waals surface area contributed by atoms with Gasteiger partial charge < -0.3 is 15.2 Å². The maximum atomic E-state index is 14.3. The summed E-state index contributed by atoms with van der Waals surface area (Å²) < 4.78 is 15.9. The van der Waals surface area contributed by atoms with Crippen molar-refractivity contribution in [3.63, 3.8) is 0 Å². The number of aromatic nitrogens is 2. The van der Waals surface area contributed by atoms with Crippen molar-refractivity contribution in [3.05, 3.63) is 72.6 Å². The largest absolute Gasteiger partial charge is 0.351 e. The van der Waals surface area contributed by atoms with E-state index in [1.54, 1.807) is 41.2 Å². The number of nitrogens with one attached hydrogen (secondary N) is 2. The molecule has 1 atom stereocenters. The Bertz CT molecular complexity index is 990. The van der Waals surface area contributed by atoms with Gasteiger partial charge in [0, 0.05) is 36.4 Å². The summed E-state index contributed by atoms with van der Waals surface area (Å²) >= 11 is 1.41. The summed E-state index contributed by atoms with van der Waals surface area (Å²) in [5.74, 6) is -0.649. The van der Waals surface area contributed by atoms with Crippen LogP contribution in [0.1, 0.15) is 19.4 Å². The van der Waals surface area contributed by atoms with Gasteiger partial charge in [-0.3, -0.25) is 9.59 Å². The molecule has 3 rings (SSSR count). The second-order valence-corrected chi connectivity index (χ2v) is 7.85. The third-order valence-electron chi connectivity index (χ3n) is 4.12. The maximum absolute atomic E-state index is 14.3. The second-order valence-electron chi connectivity index (χ2n) is 6.44. The first-order valence-electron chi connectivity index (χ1n) is 9.01. The number of carbonyl (C=O) groups excluding carboxylic acids is 2. The number of nitrogens with zero attached hydrogens (tertiary/aromatic N) is 2. The Hall–Kier alpha value is -3.13. The van der Waals surface area contributed by atoms with Crippen molar-refractivity contribution in [3.8, 4) is 5.69 Å². The van der Waals surface area contributed by atoms with Crippen LogP contribution in [0, 0.1) is 5.82 Å². The molecule has 1 aromatic heterocycles.